The van der Waals surface area contributed by atoms with E-state index in [-0.39, 0.29) is 12.4 Å². The van der Waals surface area contributed by atoms with Gasteiger partial charge in [-0.2, -0.15) is 0 Å². The van der Waals surface area contributed by atoms with Gasteiger partial charge in [-0.25, -0.2) is 0 Å². The Kier molecular flexibility index (Phi) is 3.84. The number of methoxy groups -OCH3 is 1. The van der Waals surface area contributed by atoms with Gasteiger partial charge in [0.15, 0.2) is 5.75 Å². The zero-order chi connectivity index (χ0) is 12.1. The normalized spacial score (nSPS) is 10.6. The SMILES string of the molecule is COc1cc(/C=C/CO)cc([N+](=O)[O-])c1O. The summed E-state index contributed by atoms with van der Waals surface area (Å²) in [6.45, 7) is -0.170. The highest BCUT2D eigenvalue weighted by Gasteiger charge is 2.18. The number of aliphatic hydroxyl groups is 1. The van der Waals surface area contributed by atoms with Crippen LogP contribution in [0.15, 0.2) is 18.2 Å². The maximum absolute atomic E-state index is 10.6. The molecule has 0 bridgehead atoms. The van der Waals surface area contributed by atoms with Crippen LogP contribution in [0.1, 0.15) is 5.56 Å². The van der Waals surface area contributed by atoms with Gasteiger partial charge in [0, 0.05) is 6.07 Å². The number of phenols is 1. The number of nitro benzene ring substituents is 1. The van der Waals surface area contributed by atoms with E-state index in [0.717, 1.165) is 0 Å². The Balaban J connectivity index is 3.28. The number of nitrogens with zero attached hydrogens (tertiary/aromatic N) is 1. The average molecular weight is 225 g/mol. The van der Waals surface area contributed by atoms with Crippen LogP contribution in [0.3, 0.4) is 0 Å². The molecule has 0 saturated heterocycles. The maximum atomic E-state index is 10.6. The summed E-state index contributed by atoms with van der Waals surface area (Å²) < 4.78 is 4.81. The molecule has 1 rings (SSSR count). The number of nitro groups is 1. The molecule has 0 aliphatic carbocycles. The van der Waals surface area contributed by atoms with E-state index < -0.39 is 16.4 Å². The molecule has 0 heterocycles. The highest BCUT2D eigenvalue weighted by molar-refractivity contribution is 5.64. The van der Waals surface area contributed by atoms with Gasteiger partial charge >= 0.3 is 5.69 Å². The van der Waals surface area contributed by atoms with Gasteiger partial charge in [-0.05, 0) is 11.6 Å². The first-order chi connectivity index (χ1) is 7.60. The molecule has 6 nitrogen and oxygen atoms in total. The van der Waals surface area contributed by atoms with E-state index in [4.69, 9.17) is 9.84 Å². The van der Waals surface area contributed by atoms with Gasteiger partial charge in [0.2, 0.25) is 5.75 Å². The lowest BCUT2D eigenvalue weighted by molar-refractivity contribution is -0.386. The van der Waals surface area contributed by atoms with Gasteiger partial charge in [-0.1, -0.05) is 12.2 Å². The van der Waals surface area contributed by atoms with Crippen LogP contribution < -0.4 is 4.74 Å². The van der Waals surface area contributed by atoms with Gasteiger partial charge in [0.1, 0.15) is 0 Å². The summed E-state index contributed by atoms with van der Waals surface area (Å²) in [4.78, 5) is 9.93. The molecule has 86 valence electrons. The number of aliphatic hydroxyl groups excluding tert-OH is 1. The van der Waals surface area contributed by atoms with Crippen LogP contribution in [0.5, 0.6) is 11.5 Å². The van der Waals surface area contributed by atoms with E-state index in [1.165, 1.54) is 31.4 Å². The number of ether oxygens (including phenoxy) is 1. The number of hydrogen-bond donors (Lipinski definition) is 2. The fraction of sp³-hybridized carbons (Fsp3) is 0.200. The largest absolute Gasteiger partial charge is 0.500 e. The summed E-state index contributed by atoms with van der Waals surface area (Å²) in [5.74, 6) is -0.486. The quantitative estimate of drug-likeness (QED) is 0.595. The first-order valence-electron chi connectivity index (χ1n) is 4.43. The topological polar surface area (TPSA) is 92.8 Å². The lowest BCUT2D eigenvalue weighted by atomic mass is 10.1. The number of phenolic OH excluding ortho intramolecular Hbond substituents is 1. The first kappa shape index (κ1) is 12.0. The van der Waals surface area contributed by atoms with E-state index in [1.807, 2.05) is 0 Å². The molecule has 0 aromatic heterocycles. The summed E-state index contributed by atoms with van der Waals surface area (Å²) >= 11 is 0. The van der Waals surface area contributed by atoms with Crippen molar-refractivity contribution in [3.63, 3.8) is 0 Å². The smallest absolute Gasteiger partial charge is 0.315 e. The van der Waals surface area contributed by atoms with Crippen molar-refractivity contribution >= 4 is 11.8 Å². The molecule has 16 heavy (non-hydrogen) atoms. The van der Waals surface area contributed by atoms with Crippen LogP contribution in [0.25, 0.3) is 6.08 Å². The highest BCUT2D eigenvalue weighted by atomic mass is 16.6. The number of hydrogen-bond acceptors (Lipinski definition) is 5. The molecule has 0 amide bonds. The minimum atomic E-state index is -0.700. The molecule has 2 N–H and O–H groups in total. The van der Waals surface area contributed by atoms with E-state index in [9.17, 15) is 15.2 Å². The molecule has 0 saturated carbocycles. The second kappa shape index (κ2) is 5.13. The Labute approximate surface area is 91.6 Å². The summed E-state index contributed by atoms with van der Waals surface area (Å²) in [5, 5.41) is 28.7. The number of rotatable bonds is 4. The van der Waals surface area contributed by atoms with Crippen molar-refractivity contribution in [3.05, 3.63) is 33.9 Å². The Morgan fingerprint density at radius 1 is 1.56 bits per heavy atom. The molecular formula is C10H11NO5. The molecule has 6 heteroatoms. The summed E-state index contributed by atoms with van der Waals surface area (Å²) in [5.41, 5.74) is 0.0346. The van der Waals surface area contributed by atoms with Crippen molar-refractivity contribution in [2.45, 2.75) is 0 Å². The Bertz CT molecular complexity index is 427. The highest BCUT2D eigenvalue weighted by Crippen LogP contribution is 2.37. The van der Waals surface area contributed by atoms with Crippen molar-refractivity contribution in [2.24, 2.45) is 0 Å². The molecule has 1 aromatic rings. The van der Waals surface area contributed by atoms with Crippen LogP contribution in [0, 0.1) is 10.1 Å². The fourth-order valence-corrected chi connectivity index (χ4v) is 1.19. The van der Waals surface area contributed by atoms with Gasteiger partial charge in [-0.15, -0.1) is 0 Å². The zero-order valence-corrected chi connectivity index (χ0v) is 8.58. The zero-order valence-electron chi connectivity index (χ0n) is 8.58. The van der Waals surface area contributed by atoms with Crippen molar-refractivity contribution in [3.8, 4) is 11.5 Å². The molecule has 0 spiro atoms. The third kappa shape index (κ3) is 2.48. The number of benzene rings is 1. The molecule has 0 atom stereocenters. The third-order valence-corrected chi connectivity index (χ3v) is 1.91. The summed E-state index contributed by atoms with van der Waals surface area (Å²) in [6.07, 6.45) is 2.92. The predicted molar refractivity (Wildman–Crippen MR) is 57.4 cm³/mol. The lowest BCUT2D eigenvalue weighted by Crippen LogP contribution is -1.93. The van der Waals surface area contributed by atoms with Crippen LogP contribution in [-0.4, -0.2) is 28.9 Å². The molecular weight excluding hydrogens is 214 g/mol. The standard InChI is InChI=1S/C10H11NO5/c1-16-9-6-7(3-2-4-12)5-8(10(9)13)11(14)15/h2-3,5-6,12-13H,4H2,1H3/b3-2+. The molecule has 1 aromatic carbocycles. The minimum Gasteiger partial charge on any atom is -0.500 e. The van der Waals surface area contributed by atoms with Crippen LogP contribution in [0.2, 0.25) is 0 Å². The molecule has 0 radical (unpaired) electrons. The first-order valence-corrected chi connectivity index (χ1v) is 4.43. The minimum absolute atomic E-state index is 0.0202. The van der Waals surface area contributed by atoms with Gasteiger partial charge in [-0.3, -0.25) is 10.1 Å². The average Bonchev–Trinajstić information content (AvgIpc) is 2.27. The predicted octanol–water partition coefficient (Wildman–Crippen LogP) is 1.31. The van der Waals surface area contributed by atoms with E-state index >= 15 is 0 Å². The Morgan fingerprint density at radius 2 is 2.25 bits per heavy atom. The fourth-order valence-electron chi connectivity index (χ4n) is 1.19. The van der Waals surface area contributed by atoms with Crippen molar-refractivity contribution in [1.82, 2.24) is 0 Å². The third-order valence-electron chi connectivity index (χ3n) is 1.91. The van der Waals surface area contributed by atoms with Crippen molar-refractivity contribution in [1.29, 1.82) is 0 Å². The van der Waals surface area contributed by atoms with Gasteiger partial charge in [0.25, 0.3) is 0 Å². The summed E-state index contributed by atoms with van der Waals surface area (Å²) in [7, 11) is 1.30. The molecule has 0 unspecified atom stereocenters. The number of aromatic hydroxyl groups is 1. The van der Waals surface area contributed by atoms with Gasteiger partial charge in [0.05, 0.1) is 18.6 Å². The monoisotopic (exact) mass is 225 g/mol. The van der Waals surface area contributed by atoms with Crippen LogP contribution in [0.4, 0.5) is 5.69 Å². The van der Waals surface area contributed by atoms with Crippen molar-refractivity contribution < 1.29 is 19.9 Å². The maximum Gasteiger partial charge on any atom is 0.315 e. The second-order valence-corrected chi connectivity index (χ2v) is 2.93. The van der Waals surface area contributed by atoms with E-state index in [2.05, 4.69) is 0 Å². The van der Waals surface area contributed by atoms with Crippen molar-refractivity contribution in [2.75, 3.05) is 13.7 Å². The molecule has 0 fully saturated rings. The lowest BCUT2D eigenvalue weighted by Gasteiger charge is -2.05. The Morgan fingerprint density at radius 3 is 2.75 bits per heavy atom. The molecule has 0 aliphatic rings. The van der Waals surface area contributed by atoms with Crippen LogP contribution >= 0.6 is 0 Å². The van der Waals surface area contributed by atoms with Crippen LogP contribution in [-0.2, 0) is 0 Å². The Hall–Kier alpha value is -2.08. The van der Waals surface area contributed by atoms with Gasteiger partial charge < -0.3 is 14.9 Å². The van der Waals surface area contributed by atoms with E-state index in [1.54, 1.807) is 0 Å². The summed E-state index contributed by atoms with van der Waals surface area (Å²) in [6, 6.07) is 2.64. The van der Waals surface area contributed by atoms with E-state index in [0.29, 0.717) is 5.56 Å². The molecule has 0 aliphatic heterocycles. The second-order valence-electron chi connectivity index (χ2n) is 2.93.